The normalized spacial score (nSPS) is 9.69. The molecule has 0 spiro atoms. The quantitative estimate of drug-likeness (QED) is 0.749. The SMILES string of the molecule is N#Cc1cc(N)c(OC(F)F)cn1. The number of nitriles is 1. The molecule has 0 aliphatic rings. The maximum atomic E-state index is 11.7. The summed E-state index contributed by atoms with van der Waals surface area (Å²) < 4.78 is 27.4. The monoisotopic (exact) mass is 185 g/mol. The molecule has 0 atom stereocenters. The molecule has 1 rings (SSSR count). The summed E-state index contributed by atoms with van der Waals surface area (Å²) >= 11 is 0. The standard InChI is InChI=1S/C7H5F2N3O/c8-7(9)13-6-3-12-4(2-10)1-5(6)11/h1,3,7H,(H2,11,12). The lowest BCUT2D eigenvalue weighted by atomic mass is 10.3. The second kappa shape index (κ2) is 3.67. The summed E-state index contributed by atoms with van der Waals surface area (Å²) in [5.74, 6) is -0.228. The molecular formula is C7H5F2N3O. The molecule has 0 saturated carbocycles. The average molecular weight is 185 g/mol. The second-order valence-corrected chi connectivity index (χ2v) is 2.10. The van der Waals surface area contributed by atoms with Crippen molar-refractivity contribution < 1.29 is 13.5 Å². The zero-order valence-electron chi connectivity index (χ0n) is 6.37. The van der Waals surface area contributed by atoms with Gasteiger partial charge < -0.3 is 10.5 Å². The van der Waals surface area contributed by atoms with Crippen LogP contribution in [-0.4, -0.2) is 11.6 Å². The zero-order chi connectivity index (χ0) is 9.84. The molecule has 68 valence electrons. The van der Waals surface area contributed by atoms with Crippen LogP contribution in [0.3, 0.4) is 0 Å². The van der Waals surface area contributed by atoms with Gasteiger partial charge in [-0.2, -0.15) is 14.0 Å². The number of alkyl halides is 2. The number of aromatic nitrogens is 1. The van der Waals surface area contributed by atoms with E-state index in [0.717, 1.165) is 12.3 Å². The average Bonchev–Trinajstić information content (AvgIpc) is 2.08. The molecule has 0 aliphatic heterocycles. The van der Waals surface area contributed by atoms with Crippen LogP contribution >= 0.6 is 0 Å². The van der Waals surface area contributed by atoms with Gasteiger partial charge in [-0.25, -0.2) is 4.98 Å². The number of anilines is 1. The van der Waals surface area contributed by atoms with E-state index in [1.807, 2.05) is 0 Å². The largest absolute Gasteiger partial charge is 0.431 e. The lowest BCUT2D eigenvalue weighted by Gasteiger charge is -2.05. The summed E-state index contributed by atoms with van der Waals surface area (Å²) in [4.78, 5) is 3.51. The molecule has 6 heteroatoms. The molecule has 1 heterocycles. The molecule has 0 aliphatic carbocycles. The highest BCUT2D eigenvalue weighted by Crippen LogP contribution is 2.21. The van der Waals surface area contributed by atoms with Gasteiger partial charge in [0.15, 0.2) is 5.75 Å². The number of nitrogens with two attached hydrogens (primary N) is 1. The van der Waals surface area contributed by atoms with Crippen molar-refractivity contribution in [1.29, 1.82) is 5.26 Å². The van der Waals surface area contributed by atoms with Crippen molar-refractivity contribution in [2.45, 2.75) is 6.61 Å². The maximum Gasteiger partial charge on any atom is 0.387 e. The molecule has 1 aromatic rings. The molecule has 1 aromatic heterocycles. The third kappa shape index (κ3) is 2.27. The Morgan fingerprint density at radius 1 is 1.62 bits per heavy atom. The molecule has 0 saturated heterocycles. The molecule has 2 N–H and O–H groups in total. The molecule has 0 unspecified atom stereocenters. The van der Waals surface area contributed by atoms with Gasteiger partial charge >= 0.3 is 6.61 Å². The summed E-state index contributed by atoms with van der Waals surface area (Å²) in [6.07, 6.45) is 0.986. The summed E-state index contributed by atoms with van der Waals surface area (Å²) in [5.41, 5.74) is 5.32. The van der Waals surface area contributed by atoms with Gasteiger partial charge in [0.1, 0.15) is 11.8 Å². The number of nitrogens with zero attached hydrogens (tertiary/aromatic N) is 2. The van der Waals surface area contributed by atoms with Gasteiger partial charge in [0.05, 0.1) is 11.9 Å². The van der Waals surface area contributed by atoms with Crippen LogP contribution < -0.4 is 10.5 Å². The van der Waals surface area contributed by atoms with Gasteiger partial charge in [0, 0.05) is 6.07 Å². The van der Waals surface area contributed by atoms with E-state index in [1.54, 1.807) is 6.07 Å². The van der Waals surface area contributed by atoms with Gasteiger partial charge in [-0.05, 0) is 0 Å². The van der Waals surface area contributed by atoms with Crippen molar-refractivity contribution in [3.8, 4) is 11.8 Å². The van der Waals surface area contributed by atoms with Crippen LogP contribution in [0.25, 0.3) is 0 Å². The van der Waals surface area contributed by atoms with Crippen molar-refractivity contribution in [2.24, 2.45) is 0 Å². The zero-order valence-corrected chi connectivity index (χ0v) is 6.37. The Balaban J connectivity index is 2.93. The van der Waals surface area contributed by atoms with Crippen LogP contribution in [0, 0.1) is 11.3 Å². The molecule has 4 nitrogen and oxygen atoms in total. The third-order valence-corrected chi connectivity index (χ3v) is 1.23. The number of halogens is 2. The van der Waals surface area contributed by atoms with E-state index in [2.05, 4.69) is 9.72 Å². The van der Waals surface area contributed by atoms with E-state index in [0.29, 0.717) is 0 Å². The van der Waals surface area contributed by atoms with Crippen molar-refractivity contribution in [3.05, 3.63) is 18.0 Å². The Kier molecular flexibility index (Phi) is 2.59. The molecule has 0 amide bonds. The highest BCUT2D eigenvalue weighted by molar-refractivity contribution is 5.53. The van der Waals surface area contributed by atoms with Crippen LogP contribution in [0.1, 0.15) is 5.69 Å². The van der Waals surface area contributed by atoms with Crippen molar-refractivity contribution in [1.82, 2.24) is 4.98 Å². The first kappa shape index (κ1) is 9.19. The number of nitrogen functional groups attached to an aromatic ring is 1. The van der Waals surface area contributed by atoms with Gasteiger partial charge in [-0.3, -0.25) is 0 Å². The predicted molar refractivity (Wildman–Crippen MR) is 40.0 cm³/mol. The molecule has 13 heavy (non-hydrogen) atoms. The maximum absolute atomic E-state index is 11.7. The Morgan fingerprint density at radius 3 is 2.77 bits per heavy atom. The lowest BCUT2D eigenvalue weighted by Crippen LogP contribution is -2.05. The Labute approximate surface area is 72.6 Å². The van der Waals surface area contributed by atoms with Crippen LogP contribution in [0.15, 0.2) is 12.3 Å². The first-order chi connectivity index (χ1) is 6.13. The molecule has 0 fully saturated rings. The van der Waals surface area contributed by atoms with Gasteiger partial charge in [-0.1, -0.05) is 0 Å². The van der Waals surface area contributed by atoms with Crippen molar-refractivity contribution in [3.63, 3.8) is 0 Å². The van der Waals surface area contributed by atoms with E-state index in [9.17, 15) is 8.78 Å². The number of hydrogen-bond donors (Lipinski definition) is 1. The van der Waals surface area contributed by atoms with Crippen LogP contribution in [0.4, 0.5) is 14.5 Å². The topological polar surface area (TPSA) is 71.9 Å². The Morgan fingerprint density at radius 2 is 2.31 bits per heavy atom. The molecule has 0 bridgehead atoms. The van der Waals surface area contributed by atoms with Crippen LogP contribution in [-0.2, 0) is 0 Å². The second-order valence-electron chi connectivity index (χ2n) is 2.10. The summed E-state index contributed by atoms with van der Waals surface area (Å²) in [5, 5.41) is 8.38. The van der Waals surface area contributed by atoms with E-state index in [-0.39, 0.29) is 17.1 Å². The number of pyridine rings is 1. The fourth-order valence-corrected chi connectivity index (χ4v) is 0.714. The highest BCUT2D eigenvalue weighted by Gasteiger charge is 2.08. The summed E-state index contributed by atoms with van der Waals surface area (Å²) in [6, 6.07) is 2.88. The minimum atomic E-state index is -2.95. The van der Waals surface area contributed by atoms with Crippen molar-refractivity contribution >= 4 is 5.69 Å². The molecular weight excluding hydrogens is 180 g/mol. The summed E-state index contributed by atoms with van der Waals surface area (Å²) in [7, 11) is 0. The van der Waals surface area contributed by atoms with Crippen LogP contribution in [0.2, 0.25) is 0 Å². The summed E-state index contributed by atoms with van der Waals surface area (Å²) in [6.45, 7) is -2.95. The van der Waals surface area contributed by atoms with E-state index < -0.39 is 6.61 Å². The van der Waals surface area contributed by atoms with E-state index >= 15 is 0 Å². The minimum absolute atomic E-state index is 0.0353. The first-order valence-corrected chi connectivity index (χ1v) is 3.24. The fourth-order valence-electron chi connectivity index (χ4n) is 0.714. The minimum Gasteiger partial charge on any atom is -0.431 e. The smallest absolute Gasteiger partial charge is 0.387 e. The number of ether oxygens (including phenoxy) is 1. The van der Waals surface area contributed by atoms with E-state index in [1.165, 1.54) is 0 Å². The Bertz CT molecular complexity index is 348. The predicted octanol–water partition coefficient (Wildman–Crippen LogP) is 1.14. The number of hydrogen-bond acceptors (Lipinski definition) is 4. The van der Waals surface area contributed by atoms with E-state index in [4.69, 9.17) is 11.0 Å². The Hall–Kier alpha value is -1.90. The van der Waals surface area contributed by atoms with Crippen LogP contribution in [0.5, 0.6) is 5.75 Å². The van der Waals surface area contributed by atoms with Gasteiger partial charge in [-0.15, -0.1) is 0 Å². The van der Waals surface area contributed by atoms with Gasteiger partial charge in [0.25, 0.3) is 0 Å². The molecule has 0 radical (unpaired) electrons. The number of rotatable bonds is 2. The fraction of sp³-hybridized carbons (Fsp3) is 0.143. The van der Waals surface area contributed by atoms with Gasteiger partial charge in [0.2, 0.25) is 0 Å². The third-order valence-electron chi connectivity index (χ3n) is 1.23. The van der Waals surface area contributed by atoms with Crippen molar-refractivity contribution in [2.75, 3.05) is 5.73 Å². The lowest BCUT2D eigenvalue weighted by molar-refractivity contribution is -0.0495. The highest BCUT2D eigenvalue weighted by atomic mass is 19.3. The molecule has 0 aromatic carbocycles. The first-order valence-electron chi connectivity index (χ1n) is 3.24.